The van der Waals surface area contributed by atoms with Gasteiger partial charge in [-0.2, -0.15) is 0 Å². The van der Waals surface area contributed by atoms with Crippen molar-refractivity contribution >= 4 is 11.9 Å². The van der Waals surface area contributed by atoms with Gasteiger partial charge in [0, 0.05) is 12.0 Å². The van der Waals surface area contributed by atoms with Crippen LogP contribution < -0.4 is 9.47 Å². The Kier molecular flexibility index (Phi) is 6.93. The lowest BCUT2D eigenvalue weighted by atomic mass is 9.84. The molecule has 27 heavy (non-hydrogen) atoms. The van der Waals surface area contributed by atoms with Crippen molar-refractivity contribution < 1.29 is 28.5 Å². The highest BCUT2D eigenvalue weighted by Gasteiger charge is 2.40. The van der Waals surface area contributed by atoms with Crippen LogP contribution in [0.3, 0.4) is 0 Å². The lowest BCUT2D eigenvalue weighted by Gasteiger charge is -2.28. The zero-order valence-electron chi connectivity index (χ0n) is 16.6. The summed E-state index contributed by atoms with van der Waals surface area (Å²) < 4.78 is 24.0. The molecule has 0 N–H and O–H groups in total. The highest BCUT2D eigenvalue weighted by molar-refractivity contribution is 5.99. The van der Waals surface area contributed by atoms with Crippen LogP contribution >= 0.6 is 0 Å². The summed E-state index contributed by atoms with van der Waals surface area (Å²) >= 11 is 0. The fraction of sp³-hybridized carbons (Fsp3) is 0.600. The van der Waals surface area contributed by atoms with Crippen molar-refractivity contribution in [3.63, 3.8) is 0 Å². The van der Waals surface area contributed by atoms with E-state index in [1.54, 1.807) is 19.9 Å². The van der Waals surface area contributed by atoms with Crippen LogP contribution in [0.1, 0.15) is 61.5 Å². The van der Waals surface area contributed by atoms with E-state index < -0.39 is 11.9 Å². The Morgan fingerprint density at radius 3 is 1.78 bits per heavy atom. The summed E-state index contributed by atoms with van der Waals surface area (Å²) in [7, 11) is 0. The lowest BCUT2D eigenvalue weighted by Crippen LogP contribution is -2.32. The molecule has 1 aliphatic heterocycles. The molecule has 0 fully saturated rings. The van der Waals surface area contributed by atoms with E-state index in [4.69, 9.17) is 18.9 Å². The largest absolute Gasteiger partial charge is 0.487 e. The number of ether oxygens (including phenoxy) is 4. The summed E-state index contributed by atoms with van der Waals surface area (Å²) in [4.78, 5) is 25.3. The number of hydrogen-bond donors (Lipinski definition) is 0. The van der Waals surface area contributed by atoms with Crippen molar-refractivity contribution in [2.75, 3.05) is 26.4 Å². The Morgan fingerprint density at radius 1 is 1.00 bits per heavy atom. The molecule has 150 valence electrons. The van der Waals surface area contributed by atoms with Crippen molar-refractivity contribution in [2.45, 2.75) is 47.1 Å². The van der Waals surface area contributed by atoms with Crippen LogP contribution in [0, 0.1) is 5.41 Å². The molecule has 7 heteroatoms. The van der Waals surface area contributed by atoms with Gasteiger partial charge < -0.3 is 23.5 Å². The second-order valence-electron chi connectivity index (χ2n) is 6.48. The average molecular weight is 379 g/mol. The second kappa shape index (κ2) is 8.97. The number of carbonyl (C=O) groups is 2. The summed E-state index contributed by atoms with van der Waals surface area (Å²) in [6.07, 6.45) is 3.29. The maximum absolute atomic E-state index is 12.7. The zero-order valence-corrected chi connectivity index (χ0v) is 16.6. The summed E-state index contributed by atoms with van der Waals surface area (Å²) in [5, 5.41) is 0. The third kappa shape index (κ3) is 3.96. The quantitative estimate of drug-likeness (QED) is 0.507. The third-order valence-electron chi connectivity index (χ3n) is 4.97. The fourth-order valence-electron chi connectivity index (χ4n) is 3.11. The maximum Gasteiger partial charge on any atom is 0.359 e. The number of carbonyl (C=O) groups excluding carboxylic acids is 2. The molecule has 1 aromatic heterocycles. The minimum atomic E-state index is -0.574. The fourth-order valence-corrected chi connectivity index (χ4v) is 3.11. The lowest BCUT2D eigenvalue weighted by molar-refractivity contribution is 0.0489. The third-order valence-corrected chi connectivity index (χ3v) is 4.97. The van der Waals surface area contributed by atoms with E-state index in [2.05, 4.69) is 20.4 Å². The van der Waals surface area contributed by atoms with E-state index in [1.165, 1.54) is 4.57 Å². The van der Waals surface area contributed by atoms with Crippen LogP contribution in [0.25, 0.3) is 0 Å². The van der Waals surface area contributed by atoms with Gasteiger partial charge in [-0.15, -0.1) is 6.58 Å². The number of nitrogens with zero attached hydrogens (tertiary/aromatic N) is 1. The van der Waals surface area contributed by atoms with E-state index in [-0.39, 0.29) is 48.1 Å². The summed E-state index contributed by atoms with van der Waals surface area (Å²) in [5.74, 6) is -0.672. The van der Waals surface area contributed by atoms with E-state index in [0.717, 1.165) is 12.8 Å². The molecule has 0 aliphatic carbocycles. The Hall–Kier alpha value is -2.44. The van der Waals surface area contributed by atoms with Gasteiger partial charge in [-0.05, 0) is 26.7 Å². The van der Waals surface area contributed by atoms with Gasteiger partial charge in [-0.1, -0.05) is 19.9 Å². The molecular weight excluding hydrogens is 350 g/mol. The predicted molar refractivity (Wildman–Crippen MR) is 101 cm³/mol. The number of esters is 2. The van der Waals surface area contributed by atoms with Gasteiger partial charge in [0.05, 0.1) is 26.4 Å². The first kappa shape index (κ1) is 20.9. The van der Waals surface area contributed by atoms with Gasteiger partial charge >= 0.3 is 11.9 Å². The molecule has 1 aromatic rings. The number of aromatic nitrogens is 1. The Morgan fingerprint density at radius 2 is 1.44 bits per heavy atom. The molecule has 1 aliphatic rings. The van der Waals surface area contributed by atoms with Crippen LogP contribution in [0.4, 0.5) is 0 Å². The number of hydrogen-bond acceptors (Lipinski definition) is 6. The molecule has 0 aromatic carbocycles. The molecule has 0 saturated heterocycles. The normalized spacial score (nSPS) is 15.0. The Bertz CT molecular complexity index is 652. The average Bonchev–Trinajstić information content (AvgIpc) is 2.84. The summed E-state index contributed by atoms with van der Waals surface area (Å²) in [5.41, 5.74) is 0.114. The summed E-state index contributed by atoms with van der Waals surface area (Å²) in [6, 6.07) is 0. The molecule has 0 atom stereocenters. The monoisotopic (exact) mass is 379 g/mol. The molecule has 0 saturated carbocycles. The minimum absolute atomic E-state index is 0.151. The molecule has 7 nitrogen and oxygen atoms in total. The first-order valence-electron chi connectivity index (χ1n) is 9.45. The van der Waals surface area contributed by atoms with Crippen molar-refractivity contribution in [3.05, 3.63) is 24.0 Å². The predicted octanol–water partition coefficient (Wildman–Crippen LogP) is 3.61. The first-order valence-corrected chi connectivity index (χ1v) is 9.45. The van der Waals surface area contributed by atoms with E-state index in [0.29, 0.717) is 13.2 Å². The van der Waals surface area contributed by atoms with E-state index >= 15 is 0 Å². The van der Waals surface area contributed by atoms with Crippen LogP contribution in [-0.4, -0.2) is 42.9 Å². The molecule has 2 heterocycles. The number of rotatable bonds is 8. The van der Waals surface area contributed by atoms with Crippen LogP contribution in [0.5, 0.6) is 11.5 Å². The van der Waals surface area contributed by atoms with Gasteiger partial charge in [-0.3, -0.25) is 0 Å². The SMILES string of the molecule is C=CCn1c(C(=O)OCC)c2c(c1C(=O)OCC)OCC(CC)(CC)CO2. The van der Waals surface area contributed by atoms with Crippen LogP contribution in [0.15, 0.2) is 12.7 Å². The molecule has 0 spiro atoms. The van der Waals surface area contributed by atoms with Gasteiger partial charge in [0.25, 0.3) is 0 Å². The van der Waals surface area contributed by atoms with Gasteiger partial charge in [0.1, 0.15) is 0 Å². The molecule has 0 radical (unpaired) electrons. The highest BCUT2D eigenvalue weighted by atomic mass is 16.6. The molecule has 2 rings (SSSR count). The smallest absolute Gasteiger partial charge is 0.359 e. The molecular formula is C20H29NO6. The number of fused-ring (bicyclic) bond motifs is 1. The standard InChI is InChI=1S/C20H29NO6/c1-6-11-21-14(18(22)24-9-4)16-17(15(21)19(23)25-10-5)27-13-20(7-2,8-3)12-26-16/h6H,1,7-13H2,2-5H3. The Balaban J connectivity index is 2.65. The van der Waals surface area contributed by atoms with Crippen LogP contribution in [-0.2, 0) is 16.0 Å². The topological polar surface area (TPSA) is 76.0 Å². The number of allylic oxidation sites excluding steroid dienone is 1. The first-order chi connectivity index (χ1) is 13.0. The van der Waals surface area contributed by atoms with Crippen LogP contribution in [0.2, 0.25) is 0 Å². The molecule has 0 amide bonds. The van der Waals surface area contributed by atoms with Gasteiger partial charge in [-0.25, -0.2) is 9.59 Å². The van der Waals surface area contributed by atoms with E-state index in [9.17, 15) is 9.59 Å². The second-order valence-corrected chi connectivity index (χ2v) is 6.48. The molecule has 0 bridgehead atoms. The zero-order chi connectivity index (χ0) is 20.0. The van der Waals surface area contributed by atoms with Crippen molar-refractivity contribution in [1.82, 2.24) is 4.57 Å². The highest BCUT2D eigenvalue weighted by Crippen LogP contribution is 2.44. The van der Waals surface area contributed by atoms with Crippen molar-refractivity contribution in [3.8, 4) is 11.5 Å². The minimum Gasteiger partial charge on any atom is -0.487 e. The van der Waals surface area contributed by atoms with Crippen molar-refractivity contribution in [2.24, 2.45) is 5.41 Å². The van der Waals surface area contributed by atoms with Gasteiger partial charge in [0.2, 0.25) is 0 Å². The van der Waals surface area contributed by atoms with E-state index in [1.807, 2.05) is 0 Å². The van der Waals surface area contributed by atoms with Crippen molar-refractivity contribution in [1.29, 1.82) is 0 Å². The summed E-state index contributed by atoms with van der Waals surface area (Å²) in [6.45, 7) is 12.7. The molecule has 0 unspecified atom stereocenters. The Labute approximate surface area is 160 Å². The maximum atomic E-state index is 12.7. The van der Waals surface area contributed by atoms with Gasteiger partial charge in [0.15, 0.2) is 22.9 Å².